The standard InChI is InChI=1S/C11H11N3O2/c1-7-9(6-12-14-11(15)16)8-4-2-3-5-10(8)13-7/h2-6,13-14H,1H3,(H,15,16)/b12-6-. The molecule has 1 heterocycles. The quantitative estimate of drug-likeness (QED) is 0.532. The topological polar surface area (TPSA) is 77.5 Å². The van der Waals surface area contributed by atoms with Gasteiger partial charge >= 0.3 is 6.09 Å². The number of hydrogen-bond acceptors (Lipinski definition) is 2. The summed E-state index contributed by atoms with van der Waals surface area (Å²) in [6, 6.07) is 7.79. The molecule has 2 rings (SSSR count). The van der Waals surface area contributed by atoms with E-state index in [2.05, 4.69) is 10.1 Å². The second kappa shape index (κ2) is 4.06. The van der Waals surface area contributed by atoms with Gasteiger partial charge in [-0.25, -0.2) is 10.2 Å². The number of rotatable bonds is 2. The lowest BCUT2D eigenvalue weighted by Gasteiger charge is -1.93. The Kier molecular flexibility index (Phi) is 2.59. The van der Waals surface area contributed by atoms with E-state index in [-0.39, 0.29) is 0 Å². The summed E-state index contributed by atoms with van der Waals surface area (Å²) in [6.07, 6.45) is 0.330. The van der Waals surface area contributed by atoms with Crippen LogP contribution in [-0.4, -0.2) is 22.4 Å². The Hall–Kier alpha value is -2.30. The van der Waals surface area contributed by atoms with Crippen LogP contribution in [-0.2, 0) is 0 Å². The molecule has 0 fully saturated rings. The third-order valence-electron chi connectivity index (χ3n) is 2.30. The van der Waals surface area contributed by atoms with E-state index in [1.54, 1.807) is 0 Å². The van der Waals surface area contributed by atoms with Crippen LogP contribution in [0.1, 0.15) is 11.3 Å². The van der Waals surface area contributed by atoms with Crippen LogP contribution in [0.4, 0.5) is 4.79 Å². The van der Waals surface area contributed by atoms with Crippen molar-refractivity contribution >= 4 is 23.2 Å². The van der Waals surface area contributed by atoms with Gasteiger partial charge in [0.05, 0.1) is 6.21 Å². The molecule has 1 aromatic carbocycles. The molecule has 0 aliphatic rings. The third-order valence-corrected chi connectivity index (χ3v) is 2.30. The lowest BCUT2D eigenvalue weighted by molar-refractivity contribution is 0.195. The van der Waals surface area contributed by atoms with Gasteiger partial charge in [0.25, 0.3) is 0 Å². The van der Waals surface area contributed by atoms with E-state index in [0.717, 1.165) is 22.2 Å². The number of amides is 1. The predicted molar refractivity (Wildman–Crippen MR) is 61.8 cm³/mol. The zero-order valence-corrected chi connectivity index (χ0v) is 8.69. The first-order chi connectivity index (χ1) is 7.68. The summed E-state index contributed by atoms with van der Waals surface area (Å²) >= 11 is 0. The van der Waals surface area contributed by atoms with Crippen molar-refractivity contribution in [3.63, 3.8) is 0 Å². The van der Waals surface area contributed by atoms with Crippen LogP contribution in [0, 0.1) is 6.92 Å². The van der Waals surface area contributed by atoms with Crippen LogP contribution < -0.4 is 5.43 Å². The minimum atomic E-state index is -1.17. The highest BCUT2D eigenvalue weighted by Gasteiger charge is 2.04. The summed E-state index contributed by atoms with van der Waals surface area (Å²) in [4.78, 5) is 13.4. The van der Waals surface area contributed by atoms with Crippen molar-refractivity contribution in [3.8, 4) is 0 Å². The van der Waals surface area contributed by atoms with E-state index in [1.807, 2.05) is 36.6 Å². The number of fused-ring (bicyclic) bond motifs is 1. The Labute approximate surface area is 91.8 Å². The largest absolute Gasteiger partial charge is 0.464 e. The number of aryl methyl sites for hydroxylation is 1. The van der Waals surface area contributed by atoms with Gasteiger partial charge in [-0.1, -0.05) is 18.2 Å². The number of aromatic amines is 1. The third kappa shape index (κ3) is 1.88. The van der Waals surface area contributed by atoms with Crippen LogP contribution in [0.5, 0.6) is 0 Å². The maximum absolute atomic E-state index is 10.2. The summed E-state index contributed by atoms with van der Waals surface area (Å²) in [5.74, 6) is 0. The molecule has 5 nitrogen and oxygen atoms in total. The highest BCUT2D eigenvalue weighted by atomic mass is 16.4. The molecule has 3 N–H and O–H groups in total. The monoisotopic (exact) mass is 217 g/mol. The van der Waals surface area contributed by atoms with E-state index >= 15 is 0 Å². The maximum Gasteiger partial charge on any atom is 0.425 e. The van der Waals surface area contributed by atoms with Gasteiger partial charge in [0.1, 0.15) is 0 Å². The lowest BCUT2D eigenvalue weighted by Crippen LogP contribution is -2.13. The summed E-state index contributed by atoms with van der Waals surface area (Å²) < 4.78 is 0. The molecule has 0 atom stereocenters. The number of carbonyl (C=O) groups is 1. The highest BCUT2D eigenvalue weighted by Crippen LogP contribution is 2.19. The molecule has 0 unspecified atom stereocenters. The Morgan fingerprint density at radius 3 is 3.00 bits per heavy atom. The Morgan fingerprint density at radius 2 is 2.25 bits per heavy atom. The maximum atomic E-state index is 10.2. The van der Waals surface area contributed by atoms with Crippen molar-refractivity contribution in [2.45, 2.75) is 6.92 Å². The van der Waals surface area contributed by atoms with Gasteiger partial charge in [0.15, 0.2) is 0 Å². The highest BCUT2D eigenvalue weighted by molar-refractivity contribution is 6.00. The number of nitrogens with zero attached hydrogens (tertiary/aromatic N) is 1. The van der Waals surface area contributed by atoms with E-state index in [1.165, 1.54) is 6.21 Å². The molecule has 16 heavy (non-hydrogen) atoms. The molecule has 0 saturated heterocycles. The van der Waals surface area contributed by atoms with Crippen molar-refractivity contribution in [1.82, 2.24) is 10.4 Å². The Bertz CT molecular complexity index is 557. The number of H-pyrrole nitrogens is 1. The summed E-state index contributed by atoms with van der Waals surface area (Å²) in [7, 11) is 0. The molecule has 0 radical (unpaired) electrons. The Morgan fingerprint density at radius 1 is 1.50 bits per heavy atom. The zero-order valence-electron chi connectivity index (χ0n) is 8.69. The minimum Gasteiger partial charge on any atom is -0.464 e. The Balaban J connectivity index is 2.39. The van der Waals surface area contributed by atoms with Crippen molar-refractivity contribution < 1.29 is 9.90 Å². The van der Waals surface area contributed by atoms with Gasteiger partial charge in [-0.15, -0.1) is 0 Å². The number of nitrogens with one attached hydrogen (secondary N) is 2. The SMILES string of the molecule is Cc1[nH]c2ccccc2c1/C=N\NC(=O)O. The molecule has 0 spiro atoms. The second-order valence-electron chi connectivity index (χ2n) is 3.38. The van der Waals surface area contributed by atoms with E-state index in [9.17, 15) is 4.79 Å². The molecule has 0 saturated carbocycles. The first kappa shape index (κ1) is 10.2. The smallest absolute Gasteiger partial charge is 0.425 e. The van der Waals surface area contributed by atoms with Gasteiger partial charge in [-0.3, -0.25) is 0 Å². The van der Waals surface area contributed by atoms with Gasteiger partial charge in [0, 0.05) is 22.2 Å². The fraction of sp³-hybridized carbons (Fsp3) is 0.0909. The molecular weight excluding hydrogens is 206 g/mol. The summed E-state index contributed by atoms with van der Waals surface area (Å²) in [6.45, 7) is 1.92. The number of hydrazone groups is 1. The first-order valence-corrected chi connectivity index (χ1v) is 4.78. The molecule has 82 valence electrons. The van der Waals surface area contributed by atoms with Gasteiger partial charge in [-0.05, 0) is 13.0 Å². The molecular formula is C11H11N3O2. The molecule has 0 bridgehead atoms. The van der Waals surface area contributed by atoms with Gasteiger partial charge in [-0.2, -0.15) is 5.10 Å². The second-order valence-corrected chi connectivity index (χ2v) is 3.38. The molecule has 0 aliphatic heterocycles. The van der Waals surface area contributed by atoms with Crippen molar-refractivity contribution in [1.29, 1.82) is 0 Å². The number of aromatic nitrogens is 1. The lowest BCUT2D eigenvalue weighted by atomic mass is 10.1. The predicted octanol–water partition coefficient (Wildman–Crippen LogP) is 2.08. The number of benzene rings is 1. The van der Waals surface area contributed by atoms with E-state index < -0.39 is 6.09 Å². The van der Waals surface area contributed by atoms with E-state index in [4.69, 9.17) is 5.11 Å². The number of carboxylic acid groups (broad SMARTS) is 1. The van der Waals surface area contributed by atoms with Gasteiger partial charge < -0.3 is 10.1 Å². The van der Waals surface area contributed by atoms with Crippen LogP contribution in [0.25, 0.3) is 10.9 Å². The normalized spacial score (nSPS) is 11.1. The molecule has 5 heteroatoms. The molecule has 1 amide bonds. The molecule has 1 aromatic heterocycles. The van der Waals surface area contributed by atoms with Crippen molar-refractivity contribution in [2.24, 2.45) is 5.10 Å². The fourth-order valence-electron chi connectivity index (χ4n) is 1.62. The van der Waals surface area contributed by atoms with Crippen molar-refractivity contribution in [3.05, 3.63) is 35.5 Å². The van der Waals surface area contributed by atoms with Crippen LogP contribution in [0.3, 0.4) is 0 Å². The average molecular weight is 217 g/mol. The van der Waals surface area contributed by atoms with E-state index in [0.29, 0.717) is 0 Å². The first-order valence-electron chi connectivity index (χ1n) is 4.78. The number of para-hydroxylation sites is 1. The molecule has 0 aliphatic carbocycles. The van der Waals surface area contributed by atoms with Crippen molar-refractivity contribution in [2.75, 3.05) is 0 Å². The van der Waals surface area contributed by atoms with Gasteiger partial charge in [0.2, 0.25) is 0 Å². The van der Waals surface area contributed by atoms with Crippen LogP contribution >= 0.6 is 0 Å². The van der Waals surface area contributed by atoms with Crippen LogP contribution in [0.15, 0.2) is 29.4 Å². The number of hydrogen-bond donors (Lipinski definition) is 3. The minimum absolute atomic E-state index is 0.893. The summed E-state index contributed by atoms with van der Waals surface area (Å²) in [5.41, 5.74) is 4.81. The summed E-state index contributed by atoms with van der Waals surface area (Å²) in [5, 5.41) is 13.0. The molecule has 2 aromatic rings. The zero-order chi connectivity index (χ0) is 11.5. The average Bonchev–Trinajstić information content (AvgIpc) is 2.55. The fourth-order valence-corrected chi connectivity index (χ4v) is 1.62. The van der Waals surface area contributed by atoms with Crippen LogP contribution in [0.2, 0.25) is 0 Å².